The van der Waals surface area contributed by atoms with Gasteiger partial charge in [0.2, 0.25) is 0 Å². The molecule has 2 aromatic carbocycles. The van der Waals surface area contributed by atoms with Gasteiger partial charge in [-0.25, -0.2) is 4.99 Å². The number of aliphatic imine (C=N–C) groups is 1. The molecule has 0 heterocycles. The minimum atomic E-state index is 0.664. The van der Waals surface area contributed by atoms with Crippen LogP contribution in [0.15, 0.2) is 53.5 Å². The maximum Gasteiger partial charge on any atom is 0.191 e. The Morgan fingerprint density at radius 1 is 1.00 bits per heavy atom. The lowest BCUT2D eigenvalue weighted by Crippen LogP contribution is -2.36. The van der Waals surface area contributed by atoms with E-state index in [2.05, 4.69) is 82.9 Å². The van der Waals surface area contributed by atoms with E-state index in [0.29, 0.717) is 6.54 Å². The number of hydrogen-bond donors (Lipinski definition) is 2. The van der Waals surface area contributed by atoms with Crippen LogP contribution in [0.5, 0.6) is 0 Å². The maximum absolute atomic E-state index is 4.68. The Bertz CT molecular complexity index is 660. The molecule has 4 nitrogen and oxygen atoms in total. The molecule has 0 radical (unpaired) electrons. The van der Waals surface area contributed by atoms with E-state index in [9.17, 15) is 0 Å². The van der Waals surface area contributed by atoms with Crippen LogP contribution in [0, 0.1) is 6.92 Å². The zero-order chi connectivity index (χ0) is 17.4. The molecule has 0 bridgehead atoms. The van der Waals surface area contributed by atoms with Gasteiger partial charge in [0.25, 0.3) is 0 Å². The number of guanidine groups is 1. The fourth-order valence-electron chi connectivity index (χ4n) is 2.40. The average Bonchev–Trinajstić information content (AvgIpc) is 2.59. The SMILES string of the molecule is CCNC(=NCc1ccc(N(C)C)cc1)NCc1ccccc1C. The van der Waals surface area contributed by atoms with Crippen molar-refractivity contribution >= 4 is 11.6 Å². The molecule has 0 fully saturated rings. The molecule has 0 aliphatic rings. The molecule has 24 heavy (non-hydrogen) atoms. The summed E-state index contributed by atoms with van der Waals surface area (Å²) in [7, 11) is 4.10. The molecule has 128 valence electrons. The number of hydrogen-bond acceptors (Lipinski definition) is 2. The summed E-state index contributed by atoms with van der Waals surface area (Å²) in [6, 6.07) is 16.9. The smallest absolute Gasteiger partial charge is 0.191 e. The molecular weight excluding hydrogens is 296 g/mol. The van der Waals surface area contributed by atoms with E-state index in [1.54, 1.807) is 0 Å². The highest BCUT2D eigenvalue weighted by Gasteiger charge is 2.01. The molecule has 2 rings (SSSR count). The van der Waals surface area contributed by atoms with Gasteiger partial charge in [-0.05, 0) is 42.7 Å². The first-order chi connectivity index (χ1) is 11.6. The lowest BCUT2D eigenvalue weighted by molar-refractivity contribution is 0.813. The Labute approximate surface area is 145 Å². The summed E-state index contributed by atoms with van der Waals surface area (Å²) >= 11 is 0. The predicted molar refractivity (Wildman–Crippen MR) is 104 cm³/mol. The second-order valence-electron chi connectivity index (χ2n) is 6.04. The van der Waals surface area contributed by atoms with Crippen LogP contribution in [0.2, 0.25) is 0 Å². The molecule has 0 spiro atoms. The van der Waals surface area contributed by atoms with Gasteiger partial charge in [-0.15, -0.1) is 0 Å². The topological polar surface area (TPSA) is 39.7 Å². The number of rotatable bonds is 6. The standard InChI is InChI=1S/C20H28N4/c1-5-21-20(23-15-18-9-7-6-8-16(18)2)22-14-17-10-12-19(13-11-17)24(3)4/h6-13H,5,14-15H2,1-4H3,(H2,21,22,23). The summed E-state index contributed by atoms with van der Waals surface area (Å²) in [6.45, 7) is 6.50. The summed E-state index contributed by atoms with van der Waals surface area (Å²) < 4.78 is 0. The van der Waals surface area contributed by atoms with Gasteiger partial charge < -0.3 is 15.5 Å². The molecule has 0 atom stereocenters. The predicted octanol–water partition coefficient (Wildman–Crippen LogP) is 3.32. The summed E-state index contributed by atoms with van der Waals surface area (Å²) in [5, 5.41) is 6.71. The third kappa shape index (κ3) is 5.30. The molecule has 2 aromatic rings. The average molecular weight is 324 g/mol. The maximum atomic E-state index is 4.68. The molecular formula is C20H28N4. The Hall–Kier alpha value is -2.49. The highest BCUT2D eigenvalue weighted by atomic mass is 15.2. The van der Waals surface area contributed by atoms with Crippen LogP contribution in [0.25, 0.3) is 0 Å². The van der Waals surface area contributed by atoms with Crippen molar-refractivity contribution in [1.82, 2.24) is 10.6 Å². The molecule has 0 saturated carbocycles. The molecule has 2 N–H and O–H groups in total. The van der Waals surface area contributed by atoms with E-state index < -0.39 is 0 Å². The third-order valence-electron chi connectivity index (χ3n) is 3.92. The van der Waals surface area contributed by atoms with Crippen LogP contribution >= 0.6 is 0 Å². The number of aryl methyl sites for hydroxylation is 1. The number of nitrogens with one attached hydrogen (secondary N) is 2. The largest absolute Gasteiger partial charge is 0.378 e. The minimum absolute atomic E-state index is 0.664. The van der Waals surface area contributed by atoms with Crippen molar-refractivity contribution in [2.24, 2.45) is 4.99 Å². The van der Waals surface area contributed by atoms with Crippen LogP contribution in [0.3, 0.4) is 0 Å². The number of anilines is 1. The lowest BCUT2D eigenvalue weighted by atomic mass is 10.1. The molecule has 0 aromatic heterocycles. The van der Waals surface area contributed by atoms with Gasteiger partial charge in [-0.1, -0.05) is 36.4 Å². The number of benzene rings is 2. The van der Waals surface area contributed by atoms with E-state index >= 15 is 0 Å². The van der Waals surface area contributed by atoms with E-state index in [1.807, 2.05) is 14.1 Å². The summed E-state index contributed by atoms with van der Waals surface area (Å²) in [6.07, 6.45) is 0. The van der Waals surface area contributed by atoms with Gasteiger partial charge in [-0.2, -0.15) is 0 Å². The second-order valence-corrected chi connectivity index (χ2v) is 6.04. The third-order valence-corrected chi connectivity index (χ3v) is 3.92. The molecule has 0 amide bonds. The van der Waals surface area contributed by atoms with Crippen molar-refractivity contribution in [2.45, 2.75) is 26.9 Å². The first kappa shape index (κ1) is 17.9. The Morgan fingerprint density at radius 2 is 1.71 bits per heavy atom. The highest BCUT2D eigenvalue weighted by molar-refractivity contribution is 5.79. The highest BCUT2D eigenvalue weighted by Crippen LogP contribution is 2.12. The minimum Gasteiger partial charge on any atom is -0.378 e. The normalized spacial score (nSPS) is 11.2. The molecule has 0 aliphatic heterocycles. The van der Waals surface area contributed by atoms with Gasteiger partial charge in [0, 0.05) is 32.9 Å². The van der Waals surface area contributed by atoms with Crippen molar-refractivity contribution in [1.29, 1.82) is 0 Å². The van der Waals surface area contributed by atoms with Crippen molar-refractivity contribution < 1.29 is 0 Å². The number of nitrogens with zero attached hydrogens (tertiary/aromatic N) is 2. The summed E-state index contributed by atoms with van der Waals surface area (Å²) in [5.41, 5.74) is 4.99. The second kappa shape index (κ2) is 8.96. The van der Waals surface area contributed by atoms with E-state index in [4.69, 9.17) is 0 Å². The van der Waals surface area contributed by atoms with E-state index in [-0.39, 0.29) is 0 Å². The van der Waals surface area contributed by atoms with Crippen molar-refractivity contribution in [2.75, 3.05) is 25.5 Å². The fourth-order valence-corrected chi connectivity index (χ4v) is 2.40. The summed E-state index contributed by atoms with van der Waals surface area (Å²) in [5.74, 6) is 0.845. The molecule has 0 aliphatic carbocycles. The van der Waals surface area contributed by atoms with Crippen LogP contribution in [-0.2, 0) is 13.1 Å². The van der Waals surface area contributed by atoms with Crippen LogP contribution in [0.4, 0.5) is 5.69 Å². The Kier molecular flexibility index (Phi) is 6.67. The van der Waals surface area contributed by atoms with Crippen molar-refractivity contribution in [3.05, 3.63) is 65.2 Å². The van der Waals surface area contributed by atoms with Crippen molar-refractivity contribution in [3.8, 4) is 0 Å². The molecule has 4 heteroatoms. The van der Waals surface area contributed by atoms with Gasteiger partial charge >= 0.3 is 0 Å². The van der Waals surface area contributed by atoms with Gasteiger partial charge in [0.15, 0.2) is 5.96 Å². The Balaban J connectivity index is 1.98. The van der Waals surface area contributed by atoms with Gasteiger partial charge in [0.05, 0.1) is 6.54 Å². The first-order valence-electron chi connectivity index (χ1n) is 8.43. The first-order valence-corrected chi connectivity index (χ1v) is 8.43. The summed E-state index contributed by atoms with van der Waals surface area (Å²) in [4.78, 5) is 6.78. The molecule has 0 saturated heterocycles. The van der Waals surface area contributed by atoms with Crippen LogP contribution in [-0.4, -0.2) is 26.6 Å². The zero-order valence-electron chi connectivity index (χ0n) is 15.1. The van der Waals surface area contributed by atoms with E-state index in [1.165, 1.54) is 22.4 Å². The fraction of sp³-hybridized carbons (Fsp3) is 0.350. The monoisotopic (exact) mass is 324 g/mol. The lowest BCUT2D eigenvalue weighted by Gasteiger charge is -2.14. The van der Waals surface area contributed by atoms with Crippen LogP contribution < -0.4 is 15.5 Å². The molecule has 0 unspecified atom stereocenters. The van der Waals surface area contributed by atoms with E-state index in [0.717, 1.165) is 19.0 Å². The zero-order valence-corrected chi connectivity index (χ0v) is 15.1. The van der Waals surface area contributed by atoms with Crippen LogP contribution in [0.1, 0.15) is 23.6 Å². The Morgan fingerprint density at radius 3 is 2.33 bits per heavy atom. The van der Waals surface area contributed by atoms with Gasteiger partial charge in [0.1, 0.15) is 0 Å². The van der Waals surface area contributed by atoms with Gasteiger partial charge in [-0.3, -0.25) is 0 Å². The quantitative estimate of drug-likeness (QED) is 0.632. The van der Waals surface area contributed by atoms with Crippen molar-refractivity contribution in [3.63, 3.8) is 0 Å².